The molecule has 0 radical (unpaired) electrons. The van der Waals surface area contributed by atoms with Gasteiger partial charge in [0.1, 0.15) is 6.10 Å². The SMILES string of the molecule is COC1OC(C)C(C)C(O)C1OC. The zero-order valence-corrected chi connectivity index (χ0v) is 8.56. The third-order valence-electron chi connectivity index (χ3n) is 2.74. The monoisotopic (exact) mass is 190 g/mol. The van der Waals surface area contributed by atoms with Crippen LogP contribution in [0, 0.1) is 5.92 Å². The number of aliphatic hydroxyl groups is 1. The van der Waals surface area contributed by atoms with E-state index in [2.05, 4.69) is 0 Å². The van der Waals surface area contributed by atoms with Crippen LogP contribution in [0.4, 0.5) is 0 Å². The van der Waals surface area contributed by atoms with Crippen molar-refractivity contribution < 1.29 is 19.3 Å². The Morgan fingerprint density at radius 2 is 1.77 bits per heavy atom. The van der Waals surface area contributed by atoms with E-state index < -0.39 is 18.5 Å². The van der Waals surface area contributed by atoms with E-state index in [0.29, 0.717) is 0 Å². The van der Waals surface area contributed by atoms with Crippen LogP contribution in [0.15, 0.2) is 0 Å². The summed E-state index contributed by atoms with van der Waals surface area (Å²) in [6, 6.07) is 0. The third-order valence-corrected chi connectivity index (χ3v) is 2.74. The van der Waals surface area contributed by atoms with Crippen LogP contribution in [0.3, 0.4) is 0 Å². The molecule has 4 nitrogen and oxygen atoms in total. The largest absolute Gasteiger partial charge is 0.390 e. The lowest BCUT2D eigenvalue weighted by Gasteiger charge is -2.41. The van der Waals surface area contributed by atoms with E-state index in [1.165, 1.54) is 0 Å². The normalized spacial score (nSPS) is 46.4. The second-order valence-corrected chi connectivity index (χ2v) is 3.50. The van der Waals surface area contributed by atoms with E-state index in [1.54, 1.807) is 14.2 Å². The summed E-state index contributed by atoms with van der Waals surface area (Å²) in [5.74, 6) is 0.0661. The molecule has 1 N–H and O–H groups in total. The Hall–Kier alpha value is -0.160. The number of methoxy groups -OCH3 is 2. The lowest BCUT2D eigenvalue weighted by molar-refractivity contribution is -0.277. The maximum Gasteiger partial charge on any atom is 0.186 e. The molecule has 0 amide bonds. The van der Waals surface area contributed by atoms with Gasteiger partial charge in [-0.05, 0) is 6.92 Å². The van der Waals surface area contributed by atoms with Gasteiger partial charge >= 0.3 is 0 Å². The molecule has 5 atom stereocenters. The fraction of sp³-hybridized carbons (Fsp3) is 1.00. The van der Waals surface area contributed by atoms with E-state index >= 15 is 0 Å². The summed E-state index contributed by atoms with van der Waals surface area (Å²) < 4.78 is 15.7. The summed E-state index contributed by atoms with van der Waals surface area (Å²) in [6.07, 6.45) is -1.40. The number of rotatable bonds is 2. The molecule has 1 fully saturated rings. The van der Waals surface area contributed by atoms with Gasteiger partial charge in [-0.1, -0.05) is 6.92 Å². The van der Waals surface area contributed by atoms with E-state index in [0.717, 1.165) is 0 Å². The highest BCUT2D eigenvalue weighted by Crippen LogP contribution is 2.27. The molecule has 78 valence electrons. The van der Waals surface area contributed by atoms with Crippen molar-refractivity contribution in [1.82, 2.24) is 0 Å². The first-order valence-electron chi connectivity index (χ1n) is 4.51. The van der Waals surface area contributed by atoms with E-state index in [-0.39, 0.29) is 12.0 Å². The first kappa shape index (κ1) is 10.9. The molecular weight excluding hydrogens is 172 g/mol. The minimum Gasteiger partial charge on any atom is -0.390 e. The van der Waals surface area contributed by atoms with E-state index in [9.17, 15) is 5.11 Å². The van der Waals surface area contributed by atoms with Crippen LogP contribution in [-0.4, -0.2) is 43.9 Å². The molecule has 0 aliphatic carbocycles. The third kappa shape index (κ3) is 2.02. The molecule has 5 unspecified atom stereocenters. The summed E-state index contributed by atoms with van der Waals surface area (Å²) >= 11 is 0. The molecule has 13 heavy (non-hydrogen) atoms. The summed E-state index contributed by atoms with van der Waals surface area (Å²) in [5.41, 5.74) is 0. The minimum absolute atomic E-state index is 0.00801. The van der Waals surface area contributed by atoms with Crippen molar-refractivity contribution in [3.63, 3.8) is 0 Å². The molecule has 0 aromatic carbocycles. The van der Waals surface area contributed by atoms with Crippen LogP contribution in [0.25, 0.3) is 0 Å². The number of hydrogen-bond donors (Lipinski definition) is 1. The van der Waals surface area contributed by atoms with Gasteiger partial charge in [-0.15, -0.1) is 0 Å². The van der Waals surface area contributed by atoms with Gasteiger partial charge in [-0.3, -0.25) is 0 Å². The van der Waals surface area contributed by atoms with Gasteiger partial charge in [0.15, 0.2) is 6.29 Å². The van der Waals surface area contributed by atoms with Crippen molar-refractivity contribution in [2.24, 2.45) is 5.92 Å². The Kier molecular flexibility index (Phi) is 3.67. The fourth-order valence-corrected chi connectivity index (χ4v) is 1.59. The molecule has 1 heterocycles. The summed E-state index contributed by atoms with van der Waals surface area (Å²) in [6.45, 7) is 3.86. The smallest absolute Gasteiger partial charge is 0.186 e. The summed E-state index contributed by atoms with van der Waals surface area (Å²) in [4.78, 5) is 0. The van der Waals surface area contributed by atoms with Crippen LogP contribution in [0.2, 0.25) is 0 Å². The molecule has 0 aromatic heterocycles. The second kappa shape index (κ2) is 4.37. The Balaban J connectivity index is 2.69. The molecule has 1 rings (SSSR count). The van der Waals surface area contributed by atoms with Crippen LogP contribution in [-0.2, 0) is 14.2 Å². The number of aliphatic hydroxyl groups excluding tert-OH is 1. The minimum atomic E-state index is -0.529. The average molecular weight is 190 g/mol. The van der Waals surface area contributed by atoms with Crippen molar-refractivity contribution >= 4 is 0 Å². The molecule has 1 aliphatic heterocycles. The highest BCUT2D eigenvalue weighted by Gasteiger charge is 2.41. The Morgan fingerprint density at radius 1 is 1.15 bits per heavy atom. The number of ether oxygens (including phenoxy) is 3. The van der Waals surface area contributed by atoms with Crippen molar-refractivity contribution in [3.8, 4) is 0 Å². The first-order chi connectivity index (χ1) is 6.11. The number of hydrogen-bond acceptors (Lipinski definition) is 4. The standard InChI is InChI=1S/C9H18O4/c1-5-6(2)13-9(12-4)8(11-3)7(5)10/h5-10H,1-4H3. The fourth-order valence-electron chi connectivity index (χ4n) is 1.59. The Morgan fingerprint density at radius 3 is 2.23 bits per heavy atom. The zero-order chi connectivity index (χ0) is 10.0. The predicted octanol–water partition coefficient (Wildman–Crippen LogP) is 0.390. The highest BCUT2D eigenvalue weighted by atomic mass is 16.7. The molecule has 0 spiro atoms. The van der Waals surface area contributed by atoms with Crippen LogP contribution >= 0.6 is 0 Å². The lowest BCUT2D eigenvalue weighted by Crippen LogP contribution is -2.54. The molecule has 1 aliphatic rings. The van der Waals surface area contributed by atoms with Crippen LogP contribution in [0.5, 0.6) is 0 Å². The van der Waals surface area contributed by atoms with E-state index in [1.807, 2.05) is 13.8 Å². The molecule has 0 aromatic rings. The average Bonchev–Trinajstić information content (AvgIpc) is 2.13. The predicted molar refractivity (Wildman–Crippen MR) is 47.3 cm³/mol. The Labute approximate surface area is 78.8 Å². The van der Waals surface area contributed by atoms with Gasteiger partial charge in [0.25, 0.3) is 0 Å². The highest BCUT2D eigenvalue weighted by molar-refractivity contribution is 4.85. The van der Waals surface area contributed by atoms with Crippen molar-refractivity contribution in [3.05, 3.63) is 0 Å². The van der Waals surface area contributed by atoms with Crippen LogP contribution < -0.4 is 0 Å². The molecule has 0 bridgehead atoms. The first-order valence-corrected chi connectivity index (χ1v) is 4.51. The topological polar surface area (TPSA) is 47.9 Å². The summed E-state index contributed by atoms with van der Waals surface area (Å²) in [7, 11) is 3.10. The molecular formula is C9H18O4. The Bertz CT molecular complexity index is 160. The van der Waals surface area contributed by atoms with E-state index in [4.69, 9.17) is 14.2 Å². The van der Waals surface area contributed by atoms with Crippen molar-refractivity contribution in [2.45, 2.75) is 38.4 Å². The maximum absolute atomic E-state index is 9.82. The van der Waals surface area contributed by atoms with Gasteiger partial charge in [-0.25, -0.2) is 0 Å². The van der Waals surface area contributed by atoms with Crippen molar-refractivity contribution in [2.75, 3.05) is 14.2 Å². The summed E-state index contributed by atoms with van der Waals surface area (Å²) in [5, 5.41) is 9.82. The van der Waals surface area contributed by atoms with Crippen molar-refractivity contribution in [1.29, 1.82) is 0 Å². The zero-order valence-electron chi connectivity index (χ0n) is 8.56. The quantitative estimate of drug-likeness (QED) is 0.684. The maximum atomic E-state index is 9.82. The molecule has 1 saturated heterocycles. The van der Waals surface area contributed by atoms with Gasteiger partial charge in [0.05, 0.1) is 12.2 Å². The molecule has 0 saturated carbocycles. The van der Waals surface area contributed by atoms with Gasteiger partial charge in [-0.2, -0.15) is 0 Å². The second-order valence-electron chi connectivity index (χ2n) is 3.50. The molecule has 4 heteroatoms. The lowest BCUT2D eigenvalue weighted by atomic mass is 9.91. The van der Waals surface area contributed by atoms with Gasteiger partial charge in [0, 0.05) is 20.1 Å². The van der Waals surface area contributed by atoms with Gasteiger partial charge in [0.2, 0.25) is 0 Å². The van der Waals surface area contributed by atoms with Gasteiger partial charge < -0.3 is 19.3 Å². The van der Waals surface area contributed by atoms with Crippen LogP contribution in [0.1, 0.15) is 13.8 Å².